The number of hydrogen-bond acceptors (Lipinski definition) is 4. The Morgan fingerprint density at radius 2 is 2.17 bits per heavy atom. The van der Waals surface area contributed by atoms with Crippen LogP contribution in [-0.4, -0.2) is 21.4 Å². The molecule has 5 nitrogen and oxygen atoms in total. The van der Waals surface area contributed by atoms with Gasteiger partial charge in [-0.2, -0.15) is 5.10 Å². The Morgan fingerprint density at radius 1 is 1.26 bits per heavy atom. The molecule has 118 valence electrons. The van der Waals surface area contributed by atoms with Gasteiger partial charge in [0.1, 0.15) is 0 Å². The number of benzene rings is 1. The summed E-state index contributed by atoms with van der Waals surface area (Å²) in [6.07, 6.45) is 8.82. The number of pyridine rings is 1. The minimum absolute atomic E-state index is 0.00874. The third-order valence-electron chi connectivity index (χ3n) is 4.51. The summed E-state index contributed by atoms with van der Waals surface area (Å²) in [6.45, 7) is 2.86. The van der Waals surface area contributed by atoms with Crippen molar-refractivity contribution >= 4 is 16.6 Å². The summed E-state index contributed by atoms with van der Waals surface area (Å²) in [7, 11) is 0. The molecule has 5 heteroatoms. The molecule has 0 aliphatic carbocycles. The number of rotatable bonds is 2. The number of hydrogen-bond donors (Lipinski definition) is 1. The predicted octanol–water partition coefficient (Wildman–Crippen LogP) is 3.69. The van der Waals surface area contributed by atoms with E-state index in [4.69, 9.17) is 10.5 Å². The quantitative estimate of drug-likeness (QED) is 0.733. The zero-order valence-corrected chi connectivity index (χ0v) is 13.2. The molecular weight excluding hydrogens is 288 g/mol. The van der Waals surface area contributed by atoms with Crippen molar-refractivity contribution in [3.8, 4) is 11.1 Å². The molecule has 1 saturated heterocycles. The normalized spacial score (nSPS) is 18.4. The van der Waals surface area contributed by atoms with Gasteiger partial charge in [-0.1, -0.05) is 0 Å². The van der Waals surface area contributed by atoms with Gasteiger partial charge in [0, 0.05) is 30.1 Å². The van der Waals surface area contributed by atoms with Gasteiger partial charge < -0.3 is 10.5 Å². The lowest BCUT2D eigenvalue weighted by atomic mass is 10.0. The van der Waals surface area contributed by atoms with E-state index in [9.17, 15) is 0 Å². The van der Waals surface area contributed by atoms with Crippen molar-refractivity contribution in [2.45, 2.75) is 32.4 Å². The van der Waals surface area contributed by atoms with Crippen LogP contribution in [-0.2, 0) is 4.74 Å². The molecule has 2 N–H and O–H groups in total. The first-order chi connectivity index (χ1) is 11.2. The van der Waals surface area contributed by atoms with E-state index in [0.717, 1.165) is 52.7 Å². The zero-order valence-electron chi connectivity index (χ0n) is 13.2. The molecule has 0 spiro atoms. The van der Waals surface area contributed by atoms with E-state index in [-0.39, 0.29) is 6.23 Å². The lowest BCUT2D eigenvalue weighted by Crippen LogP contribution is -2.19. The number of ether oxygens (including phenoxy) is 1. The monoisotopic (exact) mass is 308 g/mol. The van der Waals surface area contributed by atoms with E-state index in [1.165, 1.54) is 6.42 Å². The molecule has 1 fully saturated rings. The van der Waals surface area contributed by atoms with Gasteiger partial charge in [-0.15, -0.1) is 0 Å². The molecule has 0 amide bonds. The third kappa shape index (κ3) is 2.47. The summed E-state index contributed by atoms with van der Waals surface area (Å²) >= 11 is 0. The largest absolute Gasteiger partial charge is 0.398 e. The van der Waals surface area contributed by atoms with E-state index in [2.05, 4.69) is 23.1 Å². The van der Waals surface area contributed by atoms with Crippen molar-refractivity contribution < 1.29 is 4.74 Å². The second kappa shape index (κ2) is 5.66. The summed E-state index contributed by atoms with van der Waals surface area (Å²) in [5.41, 5.74) is 11.4. The van der Waals surface area contributed by atoms with Gasteiger partial charge in [-0.3, -0.25) is 4.98 Å². The first kappa shape index (κ1) is 14.2. The first-order valence-corrected chi connectivity index (χ1v) is 8.03. The van der Waals surface area contributed by atoms with E-state index < -0.39 is 0 Å². The second-order valence-corrected chi connectivity index (χ2v) is 6.10. The lowest BCUT2D eigenvalue weighted by Gasteiger charge is -2.23. The fourth-order valence-corrected chi connectivity index (χ4v) is 3.27. The van der Waals surface area contributed by atoms with Crippen LogP contribution in [0.1, 0.15) is 31.1 Å². The number of nitrogen functional groups attached to an aromatic ring is 1. The van der Waals surface area contributed by atoms with Crippen LogP contribution in [0.2, 0.25) is 0 Å². The number of nitrogens with two attached hydrogens (primary N) is 1. The minimum Gasteiger partial charge on any atom is -0.398 e. The van der Waals surface area contributed by atoms with Crippen molar-refractivity contribution in [2.24, 2.45) is 0 Å². The Hall–Kier alpha value is -2.40. The van der Waals surface area contributed by atoms with Gasteiger partial charge in [0.15, 0.2) is 6.23 Å². The van der Waals surface area contributed by atoms with E-state index in [1.807, 2.05) is 35.4 Å². The Morgan fingerprint density at radius 3 is 2.96 bits per heavy atom. The van der Waals surface area contributed by atoms with Crippen LogP contribution in [0.15, 0.2) is 36.8 Å². The van der Waals surface area contributed by atoms with Crippen LogP contribution < -0.4 is 5.73 Å². The highest BCUT2D eigenvalue weighted by atomic mass is 16.5. The van der Waals surface area contributed by atoms with Crippen LogP contribution in [0.5, 0.6) is 0 Å². The van der Waals surface area contributed by atoms with Crippen LogP contribution in [0, 0.1) is 6.92 Å². The van der Waals surface area contributed by atoms with Crippen molar-refractivity contribution in [1.29, 1.82) is 0 Å². The van der Waals surface area contributed by atoms with Crippen molar-refractivity contribution in [2.75, 3.05) is 12.3 Å². The zero-order chi connectivity index (χ0) is 15.8. The SMILES string of the molecule is Cc1cnccc1-c1cc(N)c2cnn(C3CCCCO3)c2c1. The highest BCUT2D eigenvalue weighted by Crippen LogP contribution is 2.33. The molecule has 3 aromatic rings. The van der Waals surface area contributed by atoms with Crippen molar-refractivity contribution in [1.82, 2.24) is 14.8 Å². The number of fused-ring (bicyclic) bond motifs is 1. The maximum atomic E-state index is 6.28. The van der Waals surface area contributed by atoms with E-state index in [1.54, 1.807) is 0 Å². The standard InChI is InChI=1S/C18H20N4O/c1-12-10-20-6-5-14(12)13-8-16(19)15-11-21-22(17(15)9-13)18-4-2-3-7-23-18/h5-6,8-11,18H,2-4,7,19H2,1H3. The molecule has 1 aliphatic rings. The molecule has 4 rings (SSSR count). The van der Waals surface area contributed by atoms with Crippen LogP contribution >= 0.6 is 0 Å². The van der Waals surface area contributed by atoms with Crippen LogP contribution in [0.3, 0.4) is 0 Å². The summed E-state index contributed by atoms with van der Waals surface area (Å²) in [6, 6.07) is 6.19. The molecule has 0 radical (unpaired) electrons. The molecule has 0 saturated carbocycles. The maximum Gasteiger partial charge on any atom is 0.150 e. The third-order valence-corrected chi connectivity index (χ3v) is 4.51. The van der Waals surface area contributed by atoms with Gasteiger partial charge >= 0.3 is 0 Å². The Balaban J connectivity index is 1.86. The molecule has 0 bridgehead atoms. The molecule has 2 aromatic heterocycles. The fraction of sp³-hybridized carbons (Fsp3) is 0.333. The van der Waals surface area contributed by atoms with Gasteiger partial charge in [0.05, 0.1) is 11.7 Å². The molecule has 1 unspecified atom stereocenters. The van der Waals surface area contributed by atoms with Gasteiger partial charge in [0.25, 0.3) is 0 Å². The topological polar surface area (TPSA) is 66.0 Å². The molecule has 1 atom stereocenters. The Kier molecular flexibility index (Phi) is 3.50. The Bertz CT molecular complexity index is 849. The molecule has 1 aromatic carbocycles. The second-order valence-electron chi connectivity index (χ2n) is 6.10. The first-order valence-electron chi connectivity index (χ1n) is 8.03. The lowest BCUT2D eigenvalue weighted by molar-refractivity contribution is -0.0366. The smallest absolute Gasteiger partial charge is 0.150 e. The number of aromatic nitrogens is 3. The summed E-state index contributed by atoms with van der Waals surface area (Å²) < 4.78 is 7.87. The van der Waals surface area contributed by atoms with E-state index in [0.29, 0.717) is 0 Å². The molecule has 23 heavy (non-hydrogen) atoms. The number of anilines is 1. The van der Waals surface area contributed by atoms with Crippen molar-refractivity contribution in [3.63, 3.8) is 0 Å². The minimum atomic E-state index is 0.00874. The highest BCUT2D eigenvalue weighted by molar-refractivity contribution is 5.95. The van der Waals surface area contributed by atoms with Crippen LogP contribution in [0.25, 0.3) is 22.0 Å². The molecule has 3 heterocycles. The number of aryl methyl sites for hydroxylation is 1. The fourth-order valence-electron chi connectivity index (χ4n) is 3.27. The Labute approximate surface area is 135 Å². The predicted molar refractivity (Wildman–Crippen MR) is 91.0 cm³/mol. The average molecular weight is 308 g/mol. The van der Waals surface area contributed by atoms with Gasteiger partial charge in [0.2, 0.25) is 0 Å². The average Bonchev–Trinajstić information content (AvgIpc) is 3.00. The number of nitrogens with zero attached hydrogens (tertiary/aromatic N) is 3. The van der Waals surface area contributed by atoms with Crippen molar-refractivity contribution in [3.05, 3.63) is 42.4 Å². The molecule has 1 aliphatic heterocycles. The van der Waals surface area contributed by atoms with Crippen LogP contribution in [0.4, 0.5) is 5.69 Å². The van der Waals surface area contributed by atoms with Gasteiger partial charge in [-0.25, -0.2) is 4.68 Å². The van der Waals surface area contributed by atoms with E-state index >= 15 is 0 Å². The maximum absolute atomic E-state index is 6.28. The molecular formula is C18H20N4O. The highest BCUT2D eigenvalue weighted by Gasteiger charge is 2.20. The summed E-state index contributed by atoms with van der Waals surface area (Å²) in [5, 5.41) is 5.52. The summed E-state index contributed by atoms with van der Waals surface area (Å²) in [4.78, 5) is 4.17. The summed E-state index contributed by atoms with van der Waals surface area (Å²) in [5.74, 6) is 0. The van der Waals surface area contributed by atoms with Gasteiger partial charge in [-0.05, 0) is 61.1 Å².